The van der Waals surface area contributed by atoms with Gasteiger partial charge in [0.05, 0.1) is 11.0 Å². The summed E-state index contributed by atoms with van der Waals surface area (Å²) in [6, 6.07) is 60.8. The molecule has 0 radical (unpaired) electrons. The summed E-state index contributed by atoms with van der Waals surface area (Å²) in [4.78, 5) is 4.80. The second-order valence-electron chi connectivity index (χ2n) is 14.6. The zero-order valence-electron chi connectivity index (χ0n) is 29.4. The van der Waals surface area contributed by atoms with Gasteiger partial charge in [-0.25, -0.2) is 4.98 Å². The summed E-state index contributed by atoms with van der Waals surface area (Å²) in [6.07, 6.45) is 0. The van der Waals surface area contributed by atoms with Crippen LogP contribution in [0.4, 0.5) is 0 Å². The lowest BCUT2D eigenvalue weighted by atomic mass is 9.93. The first-order chi connectivity index (χ1) is 27.3. The van der Waals surface area contributed by atoms with Gasteiger partial charge in [-0.05, 0) is 110 Å². The Bertz CT molecular complexity index is 3600. The van der Waals surface area contributed by atoms with Crippen LogP contribution in [0.3, 0.4) is 0 Å². The molecule has 254 valence electrons. The molecule has 3 heterocycles. The monoisotopic (exact) mass is 700 g/mol. The standard InChI is InChI=1S/C51H28N2O2/c1-2-10-30(11-3-1)51-52-42-23-20-31(26-46(42)55-51)39-28-41-40-27-32(22-25-45(40)54-50(41)38-16-7-6-15-35(38)39)53-43-19-9-18-37-34-14-5-4-13-33(34)36-17-8-12-29-21-24-44(53)49(47(29)36)48(37)43/h1-28H. The maximum atomic E-state index is 6.73. The molecule has 0 bridgehead atoms. The molecule has 4 nitrogen and oxygen atoms in total. The van der Waals surface area contributed by atoms with E-state index in [1.807, 2.05) is 30.3 Å². The third kappa shape index (κ3) is 3.92. The molecule has 13 rings (SSSR count). The van der Waals surface area contributed by atoms with Gasteiger partial charge in [-0.1, -0.05) is 109 Å². The number of benzene rings is 9. The molecule has 0 atom stereocenters. The van der Waals surface area contributed by atoms with E-state index in [4.69, 9.17) is 13.8 Å². The van der Waals surface area contributed by atoms with Crippen molar-refractivity contribution in [2.75, 3.05) is 0 Å². The van der Waals surface area contributed by atoms with E-state index in [0.717, 1.165) is 66.2 Å². The highest BCUT2D eigenvalue weighted by Crippen LogP contribution is 2.50. The number of hydrogen-bond acceptors (Lipinski definition) is 3. The van der Waals surface area contributed by atoms with Crippen molar-refractivity contribution in [2.24, 2.45) is 0 Å². The number of oxazole rings is 1. The predicted molar refractivity (Wildman–Crippen MR) is 226 cm³/mol. The Labute approximate surface area is 314 Å². The average molecular weight is 701 g/mol. The van der Waals surface area contributed by atoms with E-state index in [1.165, 1.54) is 54.8 Å². The Hall–Kier alpha value is -7.43. The summed E-state index contributed by atoms with van der Waals surface area (Å²) in [6.45, 7) is 0. The maximum absolute atomic E-state index is 6.73. The molecule has 1 aliphatic carbocycles. The highest BCUT2D eigenvalue weighted by Gasteiger charge is 2.25. The van der Waals surface area contributed by atoms with Crippen molar-refractivity contribution in [1.82, 2.24) is 9.55 Å². The fraction of sp³-hybridized carbons (Fsp3) is 0. The predicted octanol–water partition coefficient (Wildman–Crippen LogP) is 14.1. The SMILES string of the molecule is c1ccc(-c2nc3ccc(-c4cc5c6cc(-n7c8cccc9c8c8c%10c(cccc%10ccc87)-c7ccccc7-9)ccc6oc5c5ccccc45)cc3o2)cc1. The Balaban J connectivity index is 1.06. The van der Waals surface area contributed by atoms with Crippen molar-refractivity contribution in [3.8, 4) is 50.5 Å². The van der Waals surface area contributed by atoms with Gasteiger partial charge in [0.25, 0.3) is 0 Å². The van der Waals surface area contributed by atoms with Crippen molar-refractivity contribution in [1.29, 1.82) is 0 Å². The highest BCUT2D eigenvalue weighted by molar-refractivity contribution is 6.30. The fourth-order valence-corrected chi connectivity index (χ4v) is 9.37. The Morgan fingerprint density at radius 3 is 2.02 bits per heavy atom. The van der Waals surface area contributed by atoms with Crippen LogP contribution >= 0.6 is 0 Å². The zero-order valence-corrected chi connectivity index (χ0v) is 29.4. The molecule has 0 N–H and O–H groups in total. The minimum atomic E-state index is 0.623. The first-order valence-electron chi connectivity index (χ1n) is 18.7. The van der Waals surface area contributed by atoms with Crippen molar-refractivity contribution >= 4 is 76.4 Å². The van der Waals surface area contributed by atoms with Crippen LogP contribution in [-0.4, -0.2) is 9.55 Å². The third-order valence-electron chi connectivity index (χ3n) is 11.7. The topological polar surface area (TPSA) is 44.1 Å². The first kappa shape index (κ1) is 29.1. The number of hydrogen-bond donors (Lipinski definition) is 0. The summed E-state index contributed by atoms with van der Waals surface area (Å²) in [5, 5.41) is 9.54. The van der Waals surface area contributed by atoms with Gasteiger partial charge < -0.3 is 13.4 Å². The molecule has 1 aliphatic rings. The maximum Gasteiger partial charge on any atom is 0.227 e. The molecule has 12 aromatic rings. The number of furan rings is 1. The summed E-state index contributed by atoms with van der Waals surface area (Å²) < 4.78 is 15.5. The van der Waals surface area contributed by atoms with Gasteiger partial charge in [-0.3, -0.25) is 0 Å². The van der Waals surface area contributed by atoms with E-state index in [9.17, 15) is 0 Å². The largest absolute Gasteiger partial charge is 0.455 e. The second-order valence-corrected chi connectivity index (χ2v) is 14.6. The molecule has 0 spiro atoms. The lowest BCUT2D eigenvalue weighted by molar-refractivity contribution is 0.620. The molecule has 0 unspecified atom stereocenters. The normalized spacial score (nSPS) is 12.4. The smallest absolute Gasteiger partial charge is 0.227 e. The van der Waals surface area contributed by atoms with Crippen LogP contribution < -0.4 is 0 Å². The lowest BCUT2D eigenvalue weighted by Gasteiger charge is -2.13. The molecule has 0 amide bonds. The quantitative estimate of drug-likeness (QED) is 0.184. The van der Waals surface area contributed by atoms with Crippen LogP contribution in [0.5, 0.6) is 0 Å². The molecule has 9 aromatic carbocycles. The van der Waals surface area contributed by atoms with E-state index in [1.54, 1.807) is 0 Å². The number of rotatable bonds is 3. The summed E-state index contributed by atoms with van der Waals surface area (Å²) >= 11 is 0. The van der Waals surface area contributed by atoms with Gasteiger partial charge in [0.15, 0.2) is 5.58 Å². The van der Waals surface area contributed by atoms with Gasteiger partial charge in [-0.15, -0.1) is 0 Å². The van der Waals surface area contributed by atoms with Gasteiger partial charge in [0.1, 0.15) is 16.7 Å². The number of aromatic nitrogens is 2. The molecule has 0 saturated carbocycles. The van der Waals surface area contributed by atoms with E-state index < -0.39 is 0 Å². The Morgan fingerprint density at radius 1 is 0.400 bits per heavy atom. The summed E-state index contributed by atoms with van der Waals surface area (Å²) in [7, 11) is 0. The van der Waals surface area contributed by atoms with Crippen LogP contribution in [0.1, 0.15) is 0 Å². The molecule has 0 fully saturated rings. The molecule has 0 aliphatic heterocycles. The molecule has 3 aromatic heterocycles. The van der Waals surface area contributed by atoms with Crippen molar-refractivity contribution in [2.45, 2.75) is 0 Å². The van der Waals surface area contributed by atoms with Gasteiger partial charge in [0.2, 0.25) is 5.89 Å². The van der Waals surface area contributed by atoms with Crippen LogP contribution in [0, 0.1) is 0 Å². The summed E-state index contributed by atoms with van der Waals surface area (Å²) in [5.41, 5.74) is 15.1. The number of nitrogens with zero attached hydrogens (tertiary/aromatic N) is 2. The molecular weight excluding hydrogens is 673 g/mol. The first-order valence-corrected chi connectivity index (χ1v) is 18.7. The number of fused-ring (bicyclic) bond motifs is 9. The lowest BCUT2D eigenvalue weighted by Crippen LogP contribution is -1.94. The van der Waals surface area contributed by atoms with Gasteiger partial charge in [0, 0.05) is 38.2 Å². The second kappa shape index (κ2) is 10.6. The van der Waals surface area contributed by atoms with Gasteiger partial charge in [-0.2, -0.15) is 0 Å². The van der Waals surface area contributed by atoms with Gasteiger partial charge >= 0.3 is 0 Å². The Morgan fingerprint density at radius 2 is 1.15 bits per heavy atom. The van der Waals surface area contributed by atoms with Crippen LogP contribution in [-0.2, 0) is 0 Å². The average Bonchev–Trinajstić information content (AvgIpc) is 3.92. The van der Waals surface area contributed by atoms with Crippen LogP contribution in [0.25, 0.3) is 127 Å². The Kier molecular flexibility index (Phi) is 5.60. The van der Waals surface area contributed by atoms with Crippen molar-refractivity contribution in [3.05, 3.63) is 170 Å². The van der Waals surface area contributed by atoms with E-state index in [2.05, 4.69) is 144 Å². The minimum Gasteiger partial charge on any atom is -0.455 e. The van der Waals surface area contributed by atoms with E-state index in [-0.39, 0.29) is 0 Å². The summed E-state index contributed by atoms with van der Waals surface area (Å²) in [5.74, 6) is 0.623. The van der Waals surface area contributed by atoms with Crippen LogP contribution in [0.2, 0.25) is 0 Å². The van der Waals surface area contributed by atoms with Crippen LogP contribution in [0.15, 0.2) is 179 Å². The molecule has 4 heteroatoms. The van der Waals surface area contributed by atoms with Crippen molar-refractivity contribution < 1.29 is 8.83 Å². The van der Waals surface area contributed by atoms with E-state index in [0.29, 0.717) is 5.89 Å². The minimum absolute atomic E-state index is 0.623. The highest BCUT2D eigenvalue weighted by atomic mass is 16.3. The molecule has 0 saturated heterocycles. The zero-order chi connectivity index (χ0) is 35.8. The third-order valence-corrected chi connectivity index (χ3v) is 11.7. The molecular formula is C51H28N2O2. The van der Waals surface area contributed by atoms with Crippen molar-refractivity contribution in [3.63, 3.8) is 0 Å². The fourth-order valence-electron chi connectivity index (χ4n) is 9.37. The van der Waals surface area contributed by atoms with E-state index >= 15 is 0 Å². The molecule has 55 heavy (non-hydrogen) atoms.